The van der Waals surface area contributed by atoms with E-state index in [0.29, 0.717) is 25.8 Å². The summed E-state index contributed by atoms with van der Waals surface area (Å²) < 4.78 is 31.3. The van der Waals surface area contributed by atoms with E-state index in [1.165, 1.54) is 13.8 Å². The SMILES string of the molecule is COC1CC2(OC)C3C(OC(C)=O)C1CC3C13C(=O)CCC4(C)CNC1C2(OC)C(OC(C)=O)C43. The van der Waals surface area contributed by atoms with Crippen LogP contribution in [0.25, 0.3) is 0 Å². The highest BCUT2D eigenvalue weighted by atomic mass is 16.6. The van der Waals surface area contributed by atoms with Crippen LogP contribution in [0.2, 0.25) is 0 Å². The van der Waals surface area contributed by atoms with E-state index in [1.807, 2.05) is 0 Å². The highest BCUT2D eigenvalue weighted by molar-refractivity contribution is 5.90. The van der Waals surface area contributed by atoms with Crippen LogP contribution in [0.1, 0.15) is 46.5 Å². The van der Waals surface area contributed by atoms with Crippen molar-refractivity contribution in [1.29, 1.82) is 0 Å². The summed E-state index contributed by atoms with van der Waals surface area (Å²) in [4.78, 5) is 39.2. The lowest BCUT2D eigenvalue weighted by atomic mass is 9.44. The Morgan fingerprint density at radius 3 is 2.37 bits per heavy atom. The summed E-state index contributed by atoms with van der Waals surface area (Å²) in [6, 6.07) is -0.385. The number of rotatable bonds is 5. The first kappa shape index (κ1) is 23.8. The summed E-state index contributed by atoms with van der Waals surface area (Å²) in [6.45, 7) is 5.75. The molecule has 5 saturated carbocycles. The molecule has 5 aliphatic carbocycles. The van der Waals surface area contributed by atoms with Crippen molar-refractivity contribution in [2.24, 2.45) is 34.5 Å². The van der Waals surface area contributed by atoms with Crippen molar-refractivity contribution in [3.8, 4) is 0 Å². The van der Waals surface area contributed by atoms with E-state index in [0.717, 1.165) is 6.42 Å². The Labute approximate surface area is 205 Å². The minimum atomic E-state index is -1.15. The monoisotopic (exact) mass is 491 g/mol. The third-order valence-corrected chi connectivity index (χ3v) is 11.1. The van der Waals surface area contributed by atoms with Crippen LogP contribution in [0.15, 0.2) is 0 Å². The summed E-state index contributed by atoms with van der Waals surface area (Å²) in [5.41, 5.74) is -3.20. The van der Waals surface area contributed by atoms with Crippen molar-refractivity contribution in [1.82, 2.24) is 5.32 Å². The van der Waals surface area contributed by atoms with Crippen LogP contribution < -0.4 is 5.32 Å². The topological polar surface area (TPSA) is 109 Å². The lowest BCUT2D eigenvalue weighted by Gasteiger charge is -2.66. The first-order chi connectivity index (χ1) is 16.6. The third kappa shape index (κ3) is 2.38. The smallest absolute Gasteiger partial charge is 0.303 e. The highest BCUT2D eigenvalue weighted by Gasteiger charge is 2.92. The number of piperidine rings is 1. The average molecular weight is 492 g/mol. The number of nitrogens with one attached hydrogen (secondary N) is 1. The van der Waals surface area contributed by atoms with Gasteiger partial charge in [-0.05, 0) is 24.2 Å². The molecule has 0 aromatic rings. The van der Waals surface area contributed by atoms with Crippen LogP contribution in [-0.2, 0) is 38.1 Å². The van der Waals surface area contributed by atoms with Crippen LogP contribution >= 0.6 is 0 Å². The maximum absolute atomic E-state index is 14.3. The van der Waals surface area contributed by atoms with Gasteiger partial charge < -0.3 is 29.0 Å². The number of hydrogen-bond donors (Lipinski definition) is 1. The van der Waals surface area contributed by atoms with Gasteiger partial charge in [0.2, 0.25) is 0 Å². The lowest BCUT2D eigenvalue weighted by molar-refractivity contribution is -0.304. The molecule has 6 fully saturated rings. The number of Topliss-reactive ketones (excluding diaryl/α,β-unsaturated/α-hetero) is 1. The van der Waals surface area contributed by atoms with Gasteiger partial charge in [-0.2, -0.15) is 0 Å². The van der Waals surface area contributed by atoms with E-state index in [1.54, 1.807) is 21.3 Å². The Balaban J connectivity index is 1.68. The van der Waals surface area contributed by atoms with Crippen molar-refractivity contribution >= 4 is 17.7 Å². The van der Waals surface area contributed by atoms with Gasteiger partial charge in [0.15, 0.2) is 5.60 Å². The van der Waals surface area contributed by atoms with E-state index >= 15 is 0 Å². The van der Waals surface area contributed by atoms with Crippen molar-refractivity contribution in [2.45, 2.75) is 82.0 Å². The van der Waals surface area contributed by atoms with Crippen molar-refractivity contribution in [3.63, 3.8) is 0 Å². The Kier molecular flexibility index (Phi) is 4.95. The van der Waals surface area contributed by atoms with Crippen molar-refractivity contribution in [3.05, 3.63) is 0 Å². The quantitative estimate of drug-likeness (QED) is 0.569. The number of carbonyl (C=O) groups is 3. The van der Waals surface area contributed by atoms with E-state index in [9.17, 15) is 14.4 Å². The second-order valence-corrected chi connectivity index (χ2v) is 12.0. The molecule has 0 amide bonds. The fourth-order valence-corrected chi connectivity index (χ4v) is 10.5. The van der Waals surface area contributed by atoms with Crippen LogP contribution in [0, 0.1) is 34.5 Å². The van der Waals surface area contributed by atoms with Gasteiger partial charge >= 0.3 is 11.9 Å². The summed E-state index contributed by atoms with van der Waals surface area (Å²) in [5.74, 6) is -1.22. The largest absolute Gasteiger partial charge is 0.462 e. The van der Waals surface area contributed by atoms with Gasteiger partial charge in [-0.3, -0.25) is 14.4 Å². The predicted octanol–water partition coefficient (Wildman–Crippen LogP) is 1.26. The minimum Gasteiger partial charge on any atom is -0.462 e. The van der Waals surface area contributed by atoms with Gasteiger partial charge in [-0.25, -0.2) is 0 Å². The Hall–Kier alpha value is -1.55. The molecule has 194 valence electrons. The molecule has 12 atom stereocenters. The molecule has 0 aromatic heterocycles. The zero-order chi connectivity index (χ0) is 25.1. The lowest BCUT2D eigenvalue weighted by Crippen LogP contribution is -2.82. The number of fused-ring (bicyclic) bond motifs is 2. The number of hydrogen-bond acceptors (Lipinski definition) is 9. The van der Waals surface area contributed by atoms with Gasteiger partial charge in [-0.15, -0.1) is 0 Å². The molecule has 1 spiro atoms. The van der Waals surface area contributed by atoms with Crippen LogP contribution in [0.4, 0.5) is 0 Å². The summed E-state index contributed by atoms with van der Waals surface area (Å²) >= 11 is 0. The highest BCUT2D eigenvalue weighted by Crippen LogP contribution is 2.79. The van der Waals surface area contributed by atoms with Crippen LogP contribution in [0.5, 0.6) is 0 Å². The molecule has 7 bridgehead atoms. The molecule has 9 heteroatoms. The van der Waals surface area contributed by atoms with Crippen LogP contribution in [0.3, 0.4) is 0 Å². The first-order valence-electron chi connectivity index (χ1n) is 12.8. The molecular formula is C26H37NO8. The van der Waals surface area contributed by atoms with Gasteiger partial charge in [-0.1, -0.05) is 6.92 Å². The fraction of sp³-hybridized carbons (Fsp3) is 0.885. The average Bonchev–Trinajstić information content (AvgIpc) is 3.18. The Bertz CT molecular complexity index is 986. The van der Waals surface area contributed by atoms with Crippen molar-refractivity contribution < 1.29 is 38.1 Å². The van der Waals surface area contributed by atoms with Gasteiger partial charge in [0.25, 0.3) is 0 Å². The van der Waals surface area contributed by atoms with E-state index < -0.39 is 34.8 Å². The van der Waals surface area contributed by atoms with Gasteiger partial charge in [0.1, 0.15) is 23.6 Å². The standard InChI is InChI=1S/C26H37NO8/c1-12(28)34-19-14-9-15-18(19)24(32-5,10-16(14)31-4)26(33-6)21(35-13(2)29)20-23(3)8-7-17(30)25(15,20)22(26)27-11-23/h14-16,18-22,27H,7-11H2,1-6H3. The molecule has 35 heavy (non-hydrogen) atoms. The zero-order valence-corrected chi connectivity index (χ0v) is 21.4. The summed E-state index contributed by atoms with van der Waals surface area (Å²) in [5, 5.41) is 3.75. The normalized spacial score (nSPS) is 55.0. The first-order valence-corrected chi connectivity index (χ1v) is 12.8. The molecule has 12 unspecified atom stereocenters. The Morgan fingerprint density at radius 1 is 1.06 bits per heavy atom. The predicted molar refractivity (Wildman–Crippen MR) is 121 cm³/mol. The molecule has 1 heterocycles. The number of methoxy groups -OCH3 is 3. The molecule has 9 nitrogen and oxygen atoms in total. The van der Waals surface area contributed by atoms with Crippen molar-refractivity contribution in [2.75, 3.05) is 27.9 Å². The molecule has 0 aromatic carbocycles. The second kappa shape index (κ2) is 7.27. The van der Waals surface area contributed by atoms with Gasteiger partial charge in [0.05, 0.1) is 17.6 Å². The molecule has 6 rings (SSSR count). The minimum absolute atomic E-state index is 0.0429. The maximum atomic E-state index is 14.3. The maximum Gasteiger partial charge on any atom is 0.303 e. The number of carbonyl (C=O) groups excluding carboxylic acids is 3. The fourth-order valence-electron chi connectivity index (χ4n) is 10.5. The molecule has 1 aliphatic heterocycles. The van der Waals surface area contributed by atoms with Crippen LogP contribution in [-0.4, -0.2) is 81.2 Å². The number of esters is 2. The number of ether oxygens (including phenoxy) is 5. The number of ketones is 1. The van der Waals surface area contributed by atoms with Gasteiger partial charge in [0, 0.05) is 72.3 Å². The molecular weight excluding hydrogens is 454 g/mol. The molecule has 1 N–H and O–H groups in total. The Morgan fingerprint density at radius 2 is 1.77 bits per heavy atom. The molecule has 0 radical (unpaired) electrons. The second-order valence-electron chi connectivity index (χ2n) is 12.0. The summed E-state index contributed by atoms with van der Waals surface area (Å²) in [7, 11) is 4.96. The van der Waals surface area contributed by atoms with E-state index in [-0.39, 0.29) is 53.0 Å². The summed E-state index contributed by atoms with van der Waals surface area (Å²) in [6.07, 6.45) is 0.988. The molecule has 1 saturated heterocycles. The van der Waals surface area contributed by atoms with E-state index in [2.05, 4.69) is 12.2 Å². The molecule has 6 aliphatic rings. The zero-order valence-electron chi connectivity index (χ0n) is 21.4. The van der Waals surface area contributed by atoms with E-state index in [4.69, 9.17) is 23.7 Å². The third-order valence-electron chi connectivity index (χ3n) is 11.1.